The molecule has 1 amide bonds. The Morgan fingerprint density at radius 3 is 2.59 bits per heavy atom. The molecule has 4 aromatic rings. The van der Waals surface area contributed by atoms with Crippen LogP contribution in [0.15, 0.2) is 78.0 Å². The third kappa shape index (κ3) is 4.32. The zero-order chi connectivity index (χ0) is 23.7. The molecule has 5 rings (SSSR count). The molecule has 1 aliphatic heterocycles. The van der Waals surface area contributed by atoms with Crippen LogP contribution < -0.4 is 15.5 Å². The van der Waals surface area contributed by atoms with Gasteiger partial charge in [0.25, 0.3) is 0 Å². The van der Waals surface area contributed by atoms with Gasteiger partial charge in [0.05, 0.1) is 18.2 Å². The van der Waals surface area contributed by atoms with E-state index in [4.69, 9.17) is 16.3 Å². The number of benzene rings is 3. The zero-order valence-corrected chi connectivity index (χ0v) is 19.5. The van der Waals surface area contributed by atoms with E-state index in [9.17, 15) is 9.18 Å². The molecular formula is C24H19ClFN5O2S. The molecule has 0 unspecified atom stereocenters. The monoisotopic (exact) mass is 495 g/mol. The van der Waals surface area contributed by atoms with E-state index < -0.39 is 11.3 Å². The lowest BCUT2D eigenvalue weighted by atomic mass is 10.0. The van der Waals surface area contributed by atoms with Gasteiger partial charge in [-0.1, -0.05) is 59.8 Å². The minimum absolute atomic E-state index is 0.267. The number of fused-ring (bicyclic) bond motifs is 1. The van der Waals surface area contributed by atoms with Crippen LogP contribution in [-0.2, 0) is 4.79 Å². The number of nitrogens with zero attached hydrogens (tertiary/aromatic N) is 3. The molecule has 1 aliphatic rings. The molecule has 0 radical (unpaired) electrons. The molecule has 0 aliphatic carbocycles. The first-order chi connectivity index (χ1) is 16.5. The fraction of sp³-hybridized carbons (Fsp3) is 0.125. The number of nitrogens with one attached hydrogen (secondary N) is 2. The predicted octanol–water partition coefficient (Wildman–Crippen LogP) is 5.14. The third-order valence-electron chi connectivity index (χ3n) is 5.37. The average molecular weight is 496 g/mol. The third-order valence-corrected chi connectivity index (χ3v) is 6.88. The van der Waals surface area contributed by atoms with E-state index in [1.807, 2.05) is 36.4 Å². The van der Waals surface area contributed by atoms with Gasteiger partial charge < -0.3 is 15.5 Å². The first-order valence-electron chi connectivity index (χ1n) is 10.4. The Hall–Kier alpha value is -3.56. The lowest BCUT2D eigenvalue weighted by Crippen LogP contribution is -2.41. The van der Waals surface area contributed by atoms with Crippen LogP contribution in [0.2, 0.25) is 5.02 Å². The standard InChI is InChI=1S/C24H19ClFN5O2S/c1-33-19-12-7-15(13-18(19)25)20-21(23(32)27-17-10-8-16(26)9-11-17)34-24-29-28-22(31(24)30-20)14-5-3-2-4-6-14/h2-13,20-21,30H,1H3,(H,27,32)/t20-,21+/m1/s1. The fourth-order valence-corrected chi connectivity index (χ4v) is 5.05. The largest absolute Gasteiger partial charge is 0.495 e. The number of rotatable bonds is 5. The number of ether oxygens (including phenoxy) is 1. The number of halogens is 2. The topological polar surface area (TPSA) is 81.1 Å². The van der Waals surface area contributed by atoms with Gasteiger partial charge in [0.15, 0.2) is 5.82 Å². The van der Waals surface area contributed by atoms with Crippen molar-refractivity contribution in [3.05, 3.63) is 89.2 Å². The average Bonchev–Trinajstić information content (AvgIpc) is 3.28. The highest BCUT2D eigenvalue weighted by Gasteiger charge is 2.38. The van der Waals surface area contributed by atoms with Gasteiger partial charge in [0.1, 0.15) is 16.8 Å². The number of methoxy groups -OCH3 is 1. The maximum atomic E-state index is 13.3. The SMILES string of the molecule is COc1ccc([C@H]2Nn3c(nnc3-c3ccccc3)S[C@@H]2C(=O)Nc2ccc(F)cc2)cc1Cl. The van der Waals surface area contributed by atoms with Crippen LogP contribution in [0.25, 0.3) is 11.4 Å². The maximum absolute atomic E-state index is 13.3. The molecule has 0 bridgehead atoms. The first kappa shape index (κ1) is 22.2. The van der Waals surface area contributed by atoms with E-state index in [1.165, 1.54) is 36.0 Å². The highest BCUT2D eigenvalue weighted by atomic mass is 35.5. The lowest BCUT2D eigenvalue weighted by molar-refractivity contribution is -0.116. The maximum Gasteiger partial charge on any atom is 0.240 e. The van der Waals surface area contributed by atoms with E-state index in [2.05, 4.69) is 20.9 Å². The van der Waals surface area contributed by atoms with Gasteiger partial charge in [-0.3, -0.25) is 4.79 Å². The summed E-state index contributed by atoms with van der Waals surface area (Å²) in [5.74, 6) is 0.525. The molecule has 3 aromatic carbocycles. The van der Waals surface area contributed by atoms with Crippen LogP contribution in [0.5, 0.6) is 5.75 Å². The molecule has 0 saturated carbocycles. The van der Waals surface area contributed by atoms with Crippen LogP contribution in [0.4, 0.5) is 10.1 Å². The number of aromatic nitrogens is 3. The zero-order valence-electron chi connectivity index (χ0n) is 17.9. The van der Waals surface area contributed by atoms with E-state index >= 15 is 0 Å². The molecule has 2 N–H and O–H groups in total. The van der Waals surface area contributed by atoms with Crippen molar-refractivity contribution in [1.82, 2.24) is 14.9 Å². The van der Waals surface area contributed by atoms with Gasteiger partial charge in [-0.05, 0) is 42.0 Å². The van der Waals surface area contributed by atoms with Crippen LogP contribution in [0.3, 0.4) is 0 Å². The summed E-state index contributed by atoms with van der Waals surface area (Å²) in [6, 6.07) is 20.2. The number of anilines is 1. The van der Waals surface area contributed by atoms with E-state index in [0.29, 0.717) is 27.4 Å². The quantitative estimate of drug-likeness (QED) is 0.399. The van der Waals surface area contributed by atoms with Crippen molar-refractivity contribution in [2.24, 2.45) is 0 Å². The summed E-state index contributed by atoms with van der Waals surface area (Å²) in [4.78, 5) is 13.3. The number of thioether (sulfide) groups is 1. The molecule has 0 fully saturated rings. The van der Waals surface area contributed by atoms with Gasteiger partial charge in [-0.15, -0.1) is 10.2 Å². The summed E-state index contributed by atoms with van der Waals surface area (Å²) in [6.07, 6.45) is 0. The number of carbonyl (C=O) groups is 1. The Balaban J connectivity index is 1.52. The molecule has 1 aromatic heterocycles. The van der Waals surface area contributed by atoms with Crippen molar-refractivity contribution in [3.63, 3.8) is 0 Å². The molecule has 10 heteroatoms. The summed E-state index contributed by atoms with van der Waals surface area (Å²) >= 11 is 7.69. The molecule has 2 heterocycles. The second-order valence-corrected chi connectivity index (χ2v) is 9.06. The number of hydrogen-bond acceptors (Lipinski definition) is 6. The van der Waals surface area contributed by atoms with E-state index in [1.54, 1.807) is 23.9 Å². The molecule has 0 saturated heterocycles. The van der Waals surface area contributed by atoms with Crippen LogP contribution >= 0.6 is 23.4 Å². The number of hydrogen-bond donors (Lipinski definition) is 2. The summed E-state index contributed by atoms with van der Waals surface area (Å²) < 4.78 is 20.4. The van der Waals surface area contributed by atoms with Crippen LogP contribution in [0, 0.1) is 5.82 Å². The second-order valence-electron chi connectivity index (χ2n) is 7.54. The Bertz CT molecular complexity index is 1330. The molecule has 2 atom stereocenters. The molecule has 0 spiro atoms. The smallest absolute Gasteiger partial charge is 0.240 e. The summed E-state index contributed by atoms with van der Waals surface area (Å²) in [6.45, 7) is 0. The normalized spacial score (nSPS) is 16.9. The van der Waals surface area contributed by atoms with Crippen molar-refractivity contribution in [1.29, 1.82) is 0 Å². The first-order valence-corrected chi connectivity index (χ1v) is 11.6. The van der Waals surface area contributed by atoms with E-state index in [-0.39, 0.29) is 11.7 Å². The Kier molecular flexibility index (Phi) is 6.12. The highest BCUT2D eigenvalue weighted by molar-refractivity contribution is 8.00. The van der Waals surface area contributed by atoms with Gasteiger partial charge >= 0.3 is 0 Å². The summed E-state index contributed by atoms with van der Waals surface area (Å²) in [7, 11) is 1.55. The van der Waals surface area contributed by atoms with Crippen molar-refractivity contribution in [3.8, 4) is 17.1 Å². The summed E-state index contributed by atoms with van der Waals surface area (Å²) in [5.41, 5.74) is 5.57. The molecule has 172 valence electrons. The number of carbonyl (C=O) groups excluding carboxylic acids is 1. The lowest BCUT2D eigenvalue weighted by Gasteiger charge is -2.33. The molecule has 34 heavy (non-hydrogen) atoms. The predicted molar refractivity (Wildman–Crippen MR) is 130 cm³/mol. The molecule has 7 nitrogen and oxygen atoms in total. The van der Waals surface area contributed by atoms with Gasteiger partial charge in [0, 0.05) is 11.3 Å². The van der Waals surface area contributed by atoms with Crippen molar-refractivity contribution >= 4 is 35.0 Å². The highest BCUT2D eigenvalue weighted by Crippen LogP contribution is 2.40. The fourth-order valence-electron chi connectivity index (χ4n) is 3.70. The molecular weight excluding hydrogens is 477 g/mol. The van der Waals surface area contributed by atoms with E-state index in [0.717, 1.165) is 11.1 Å². The Labute approximate surface area is 204 Å². The van der Waals surface area contributed by atoms with Crippen molar-refractivity contribution < 1.29 is 13.9 Å². The number of amides is 1. The van der Waals surface area contributed by atoms with Crippen LogP contribution in [0.1, 0.15) is 11.6 Å². The second kappa shape index (κ2) is 9.36. The van der Waals surface area contributed by atoms with Gasteiger partial charge in [-0.2, -0.15) is 0 Å². The van der Waals surface area contributed by atoms with Crippen molar-refractivity contribution in [2.45, 2.75) is 16.4 Å². The minimum Gasteiger partial charge on any atom is -0.495 e. The van der Waals surface area contributed by atoms with Gasteiger partial charge in [-0.25, -0.2) is 9.07 Å². The van der Waals surface area contributed by atoms with Crippen LogP contribution in [-0.4, -0.2) is 33.1 Å². The Morgan fingerprint density at radius 1 is 1.12 bits per heavy atom. The Morgan fingerprint density at radius 2 is 1.88 bits per heavy atom. The van der Waals surface area contributed by atoms with Gasteiger partial charge in [0.2, 0.25) is 11.1 Å². The minimum atomic E-state index is -0.616. The summed E-state index contributed by atoms with van der Waals surface area (Å²) in [5, 5.41) is 11.9. The van der Waals surface area contributed by atoms with Crippen molar-refractivity contribution in [2.75, 3.05) is 17.9 Å².